The molecule has 2 rings (SSSR count). The maximum Gasteiger partial charge on any atom is 0.200 e. The topological polar surface area (TPSA) is 59.2 Å². The van der Waals surface area contributed by atoms with Crippen LogP contribution < -0.4 is 4.90 Å². The first kappa shape index (κ1) is 10.8. The monoisotopic (exact) mass is 220 g/mol. The smallest absolute Gasteiger partial charge is 0.200 e. The van der Waals surface area contributed by atoms with E-state index < -0.39 is 0 Å². The fourth-order valence-corrected chi connectivity index (χ4v) is 1.59. The van der Waals surface area contributed by atoms with E-state index in [-0.39, 0.29) is 0 Å². The predicted molar refractivity (Wildman–Crippen MR) is 61.4 cm³/mol. The van der Waals surface area contributed by atoms with Gasteiger partial charge in [-0.3, -0.25) is 0 Å². The van der Waals surface area contributed by atoms with Crippen LogP contribution in [0.5, 0.6) is 0 Å². The van der Waals surface area contributed by atoms with Gasteiger partial charge in [0.05, 0.1) is 0 Å². The number of hydrogen-bond acceptors (Lipinski definition) is 5. The molecule has 0 aliphatic rings. The van der Waals surface area contributed by atoms with E-state index in [1.165, 1.54) is 17.5 Å². The van der Waals surface area contributed by atoms with Crippen LogP contribution in [-0.2, 0) is 0 Å². The summed E-state index contributed by atoms with van der Waals surface area (Å²) in [5.74, 6) is 0.927. The zero-order chi connectivity index (χ0) is 11.4. The quantitative estimate of drug-likeness (QED) is 0.756. The second kappa shape index (κ2) is 4.87. The molecule has 0 saturated carbocycles. The zero-order valence-corrected chi connectivity index (χ0v) is 9.67. The number of tetrazole rings is 1. The van der Waals surface area contributed by atoms with Crippen LogP contribution in [0.15, 0.2) is 12.1 Å². The predicted octanol–water partition coefficient (Wildman–Crippen LogP) is 1.15. The Morgan fingerprint density at radius 1 is 1.31 bits per heavy atom. The van der Waals surface area contributed by atoms with Gasteiger partial charge in [0.1, 0.15) is 0 Å². The van der Waals surface area contributed by atoms with E-state index in [0.29, 0.717) is 5.65 Å². The molecule has 0 amide bonds. The lowest BCUT2D eigenvalue weighted by Crippen LogP contribution is -2.25. The van der Waals surface area contributed by atoms with Crippen molar-refractivity contribution in [1.29, 1.82) is 0 Å². The SMILES string of the molecule is CCCCN(CC)c1ccc2nnnn2n1. The highest BCUT2D eigenvalue weighted by molar-refractivity contribution is 5.44. The Labute approximate surface area is 94.3 Å². The lowest BCUT2D eigenvalue weighted by atomic mass is 10.3. The van der Waals surface area contributed by atoms with E-state index >= 15 is 0 Å². The van der Waals surface area contributed by atoms with Gasteiger partial charge in [-0.05, 0) is 35.9 Å². The normalized spacial score (nSPS) is 10.9. The molecule has 86 valence electrons. The molecule has 2 aromatic rings. The van der Waals surface area contributed by atoms with Gasteiger partial charge in [-0.2, -0.15) is 0 Å². The summed E-state index contributed by atoms with van der Waals surface area (Å²) in [5.41, 5.74) is 0.676. The van der Waals surface area contributed by atoms with Gasteiger partial charge in [-0.15, -0.1) is 14.8 Å². The Morgan fingerprint density at radius 2 is 2.19 bits per heavy atom. The second-order valence-corrected chi connectivity index (χ2v) is 3.65. The van der Waals surface area contributed by atoms with Crippen molar-refractivity contribution in [3.63, 3.8) is 0 Å². The summed E-state index contributed by atoms with van der Waals surface area (Å²) >= 11 is 0. The van der Waals surface area contributed by atoms with Crippen molar-refractivity contribution in [2.24, 2.45) is 0 Å². The molecule has 0 bridgehead atoms. The molecular formula is C10H16N6. The summed E-state index contributed by atoms with van der Waals surface area (Å²) in [7, 11) is 0. The molecule has 0 aliphatic carbocycles. The Bertz CT molecular complexity index is 451. The summed E-state index contributed by atoms with van der Waals surface area (Å²) < 4.78 is 1.46. The highest BCUT2D eigenvalue weighted by Gasteiger charge is 2.07. The Hall–Kier alpha value is -1.72. The second-order valence-electron chi connectivity index (χ2n) is 3.65. The third-order valence-corrected chi connectivity index (χ3v) is 2.54. The van der Waals surface area contributed by atoms with Gasteiger partial charge in [0.2, 0.25) is 0 Å². The average molecular weight is 220 g/mol. The molecule has 0 aromatic carbocycles. The minimum Gasteiger partial charge on any atom is -0.355 e. The standard InChI is InChI=1S/C10H16N6/c1-3-5-8-15(4-2)10-7-6-9-11-13-14-16(9)12-10/h6-7H,3-5,8H2,1-2H3. The Morgan fingerprint density at radius 3 is 2.94 bits per heavy atom. The third-order valence-electron chi connectivity index (χ3n) is 2.54. The summed E-state index contributed by atoms with van der Waals surface area (Å²) in [6, 6.07) is 3.85. The molecule has 6 nitrogen and oxygen atoms in total. The van der Waals surface area contributed by atoms with Crippen molar-refractivity contribution in [1.82, 2.24) is 25.3 Å². The highest BCUT2D eigenvalue weighted by Crippen LogP contribution is 2.11. The minimum absolute atomic E-state index is 0.676. The summed E-state index contributed by atoms with van der Waals surface area (Å²) in [6.07, 6.45) is 2.35. The molecule has 2 heterocycles. The van der Waals surface area contributed by atoms with Gasteiger partial charge in [-0.25, -0.2) is 0 Å². The number of anilines is 1. The molecule has 0 radical (unpaired) electrons. The lowest BCUT2D eigenvalue weighted by Gasteiger charge is -2.20. The van der Waals surface area contributed by atoms with E-state index in [9.17, 15) is 0 Å². The summed E-state index contributed by atoms with van der Waals surface area (Å²) in [4.78, 5) is 2.23. The molecule has 0 saturated heterocycles. The number of fused-ring (bicyclic) bond motifs is 1. The van der Waals surface area contributed by atoms with Gasteiger partial charge in [0.15, 0.2) is 11.5 Å². The molecule has 0 atom stereocenters. The van der Waals surface area contributed by atoms with E-state index in [2.05, 4.69) is 39.4 Å². The first-order valence-corrected chi connectivity index (χ1v) is 5.65. The maximum absolute atomic E-state index is 4.37. The Kier molecular flexibility index (Phi) is 3.28. The zero-order valence-electron chi connectivity index (χ0n) is 9.67. The number of nitrogens with zero attached hydrogens (tertiary/aromatic N) is 6. The first-order chi connectivity index (χ1) is 7.85. The van der Waals surface area contributed by atoms with E-state index in [4.69, 9.17) is 0 Å². The van der Waals surface area contributed by atoms with E-state index in [1.54, 1.807) is 0 Å². The van der Waals surface area contributed by atoms with Gasteiger partial charge in [-0.1, -0.05) is 13.3 Å². The van der Waals surface area contributed by atoms with Crippen LogP contribution in [0.4, 0.5) is 5.82 Å². The Balaban J connectivity index is 2.22. The fourth-order valence-electron chi connectivity index (χ4n) is 1.59. The number of rotatable bonds is 5. The largest absolute Gasteiger partial charge is 0.355 e. The third kappa shape index (κ3) is 2.10. The van der Waals surface area contributed by atoms with Gasteiger partial charge < -0.3 is 4.90 Å². The molecule has 0 fully saturated rings. The number of unbranched alkanes of at least 4 members (excludes halogenated alkanes) is 1. The van der Waals surface area contributed by atoms with Crippen LogP contribution in [-0.4, -0.2) is 38.3 Å². The molecule has 0 N–H and O–H groups in total. The fraction of sp³-hybridized carbons (Fsp3) is 0.600. The number of hydrogen-bond donors (Lipinski definition) is 0. The van der Waals surface area contributed by atoms with Crippen LogP contribution in [0.1, 0.15) is 26.7 Å². The summed E-state index contributed by atoms with van der Waals surface area (Å²) in [5, 5.41) is 15.6. The van der Waals surface area contributed by atoms with Crippen molar-refractivity contribution in [2.45, 2.75) is 26.7 Å². The number of aromatic nitrogens is 5. The molecular weight excluding hydrogens is 204 g/mol. The maximum atomic E-state index is 4.37. The van der Waals surface area contributed by atoms with Crippen molar-refractivity contribution in [3.05, 3.63) is 12.1 Å². The van der Waals surface area contributed by atoms with E-state index in [1.807, 2.05) is 12.1 Å². The molecule has 6 heteroatoms. The van der Waals surface area contributed by atoms with Crippen molar-refractivity contribution in [2.75, 3.05) is 18.0 Å². The van der Waals surface area contributed by atoms with Crippen LogP contribution in [0.2, 0.25) is 0 Å². The van der Waals surface area contributed by atoms with Crippen molar-refractivity contribution < 1.29 is 0 Å². The molecule has 2 aromatic heterocycles. The van der Waals surface area contributed by atoms with Crippen LogP contribution in [0, 0.1) is 0 Å². The lowest BCUT2D eigenvalue weighted by molar-refractivity contribution is 0.686. The minimum atomic E-state index is 0.676. The summed E-state index contributed by atoms with van der Waals surface area (Å²) in [6.45, 7) is 6.28. The van der Waals surface area contributed by atoms with Crippen molar-refractivity contribution >= 4 is 11.5 Å². The van der Waals surface area contributed by atoms with Crippen LogP contribution >= 0.6 is 0 Å². The van der Waals surface area contributed by atoms with Gasteiger partial charge in [0.25, 0.3) is 0 Å². The van der Waals surface area contributed by atoms with Crippen LogP contribution in [0.3, 0.4) is 0 Å². The van der Waals surface area contributed by atoms with E-state index in [0.717, 1.165) is 18.9 Å². The average Bonchev–Trinajstić information content (AvgIpc) is 2.77. The molecule has 0 spiro atoms. The first-order valence-electron chi connectivity index (χ1n) is 5.65. The molecule has 16 heavy (non-hydrogen) atoms. The van der Waals surface area contributed by atoms with Crippen molar-refractivity contribution in [3.8, 4) is 0 Å². The van der Waals surface area contributed by atoms with Gasteiger partial charge in [0, 0.05) is 13.1 Å². The van der Waals surface area contributed by atoms with Gasteiger partial charge >= 0.3 is 0 Å². The molecule has 0 aliphatic heterocycles. The molecule has 0 unspecified atom stereocenters. The van der Waals surface area contributed by atoms with Crippen LogP contribution in [0.25, 0.3) is 5.65 Å². The highest BCUT2D eigenvalue weighted by atomic mass is 15.6.